The largest absolute Gasteiger partial charge is 0.472 e. The van der Waals surface area contributed by atoms with Crippen molar-refractivity contribution in [3.63, 3.8) is 0 Å². The molecule has 43 heavy (non-hydrogen) atoms. The van der Waals surface area contributed by atoms with Gasteiger partial charge < -0.3 is 35.6 Å². The van der Waals surface area contributed by atoms with Gasteiger partial charge in [0.1, 0.15) is 23.7 Å². The van der Waals surface area contributed by atoms with Crippen molar-refractivity contribution in [2.75, 3.05) is 18.4 Å². The van der Waals surface area contributed by atoms with E-state index in [1.807, 2.05) is 20.8 Å². The summed E-state index contributed by atoms with van der Waals surface area (Å²) in [5.41, 5.74) is 2.78. The fraction of sp³-hybridized carbons (Fsp3) is 0.667. The molecule has 3 aliphatic heterocycles. The van der Waals surface area contributed by atoms with Gasteiger partial charge in [0.25, 0.3) is 5.91 Å². The van der Waals surface area contributed by atoms with Gasteiger partial charge in [0, 0.05) is 19.2 Å². The van der Waals surface area contributed by atoms with E-state index >= 15 is 0 Å². The summed E-state index contributed by atoms with van der Waals surface area (Å²) in [6, 6.07) is 0.324. The Balaban J connectivity index is 1.45. The summed E-state index contributed by atoms with van der Waals surface area (Å²) >= 11 is 0. The molecule has 5 rings (SSSR count). The average molecular weight is 599 g/mol. The van der Waals surface area contributed by atoms with Crippen molar-refractivity contribution in [2.24, 2.45) is 23.0 Å². The van der Waals surface area contributed by atoms with Gasteiger partial charge in [0.15, 0.2) is 11.6 Å². The number of amides is 5. The Morgan fingerprint density at radius 3 is 2.53 bits per heavy atom. The third-order valence-electron chi connectivity index (χ3n) is 8.86. The summed E-state index contributed by atoms with van der Waals surface area (Å²) in [6.07, 6.45) is 3.17. The van der Waals surface area contributed by atoms with Gasteiger partial charge in [-0.1, -0.05) is 27.2 Å². The number of fused-ring (bicyclic) bond motifs is 2. The van der Waals surface area contributed by atoms with Crippen LogP contribution in [0.25, 0.3) is 0 Å². The summed E-state index contributed by atoms with van der Waals surface area (Å²) in [4.78, 5) is 74.5. The number of primary amides is 1. The zero-order valence-corrected chi connectivity index (χ0v) is 25.6. The van der Waals surface area contributed by atoms with Crippen molar-refractivity contribution in [1.82, 2.24) is 20.1 Å². The van der Waals surface area contributed by atoms with E-state index in [1.54, 1.807) is 37.8 Å². The number of hydrogen-bond acceptors (Lipinski definition) is 8. The molecule has 4 N–H and O–H groups in total. The van der Waals surface area contributed by atoms with Gasteiger partial charge in [0.05, 0.1) is 6.54 Å². The SMILES string of the molecule is CC(C)(C)OC(=O)N[C@H](C(=O)N1C[C@@H]2CCC[C@@H]2[C@H]1C(=O)N1C[C@@]2(C[C@H]1C(N)=O)Oc1cccnc1NC2=O)C(C)(C)C. The minimum absolute atomic E-state index is 0.0933. The molecule has 5 amide bonds. The van der Waals surface area contributed by atoms with Gasteiger partial charge in [-0.15, -0.1) is 0 Å². The Morgan fingerprint density at radius 1 is 1.16 bits per heavy atom. The molecule has 0 bridgehead atoms. The molecule has 6 atom stereocenters. The Hall–Kier alpha value is -3.90. The van der Waals surface area contributed by atoms with Crippen LogP contribution in [0, 0.1) is 17.3 Å². The van der Waals surface area contributed by atoms with Crippen molar-refractivity contribution < 1.29 is 33.4 Å². The molecule has 0 unspecified atom stereocenters. The van der Waals surface area contributed by atoms with Gasteiger partial charge in [-0.05, 0) is 63.0 Å². The number of ether oxygens (including phenoxy) is 2. The Labute approximate surface area is 251 Å². The number of nitrogens with one attached hydrogen (secondary N) is 2. The first-order chi connectivity index (χ1) is 20.0. The minimum atomic E-state index is -1.54. The molecule has 13 nitrogen and oxygen atoms in total. The highest BCUT2D eigenvalue weighted by molar-refractivity contribution is 6.03. The second kappa shape index (κ2) is 10.7. The van der Waals surface area contributed by atoms with E-state index < -0.39 is 64.5 Å². The Morgan fingerprint density at radius 2 is 1.88 bits per heavy atom. The highest BCUT2D eigenvalue weighted by atomic mass is 16.6. The lowest BCUT2D eigenvalue weighted by Crippen LogP contribution is -2.60. The number of alkyl carbamates (subject to hydrolysis) is 1. The van der Waals surface area contributed by atoms with E-state index in [-0.39, 0.29) is 30.6 Å². The lowest BCUT2D eigenvalue weighted by Gasteiger charge is -2.38. The molecule has 1 aromatic rings. The molecule has 1 aromatic heterocycles. The van der Waals surface area contributed by atoms with Gasteiger partial charge in [-0.2, -0.15) is 0 Å². The standard InChI is InChI=1S/C30H42N6O7/c1-28(2,3)21(33-27(41)43-29(4,5)6)25(39)35-14-16-9-7-10-17(16)20(35)24(38)36-15-30(13-18(36)22(31)37)26(40)34-23-19(42-30)11-8-12-32-23/h8,11-12,16-18,20-21H,7,9-10,13-15H2,1-6H3,(H2,31,37)(H,33,41)(H,32,34,40)/t16-,17-,18-,20-,21+,30+/m0/s1. The molecule has 3 fully saturated rings. The average Bonchev–Trinajstić information content (AvgIpc) is 3.59. The summed E-state index contributed by atoms with van der Waals surface area (Å²) in [6.45, 7) is 10.8. The van der Waals surface area contributed by atoms with Crippen molar-refractivity contribution >= 4 is 35.5 Å². The first-order valence-electron chi connectivity index (χ1n) is 14.9. The molecule has 2 saturated heterocycles. The number of aromatic nitrogens is 1. The van der Waals surface area contributed by atoms with Crippen LogP contribution >= 0.6 is 0 Å². The first-order valence-corrected chi connectivity index (χ1v) is 14.9. The van der Waals surface area contributed by atoms with Crippen LogP contribution in [0.5, 0.6) is 5.75 Å². The highest BCUT2D eigenvalue weighted by Gasteiger charge is 2.60. The molecular weight excluding hydrogens is 556 g/mol. The zero-order chi connectivity index (χ0) is 31.5. The predicted octanol–water partition coefficient (Wildman–Crippen LogP) is 1.80. The van der Waals surface area contributed by atoms with E-state index in [4.69, 9.17) is 15.2 Å². The molecule has 1 saturated carbocycles. The second-order valence-electron chi connectivity index (χ2n) is 14.2. The molecule has 1 spiro atoms. The van der Waals surface area contributed by atoms with Gasteiger partial charge in [0.2, 0.25) is 23.3 Å². The molecule has 1 aliphatic carbocycles. The van der Waals surface area contributed by atoms with E-state index in [1.165, 1.54) is 11.1 Å². The number of nitrogens with zero attached hydrogens (tertiary/aromatic N) is 3. The lowest BCUT2D eigenvalue weighted by molar-refractivity contribution is -0.150. The third kappa shape index (κ3) is 5.73. The summed E-state index contributed by atoms with van der Waals surface area (Å²) in [5, 5.41) is 5.47. The van der Waals surface area contributed by atoms with Gasteiger partial charge in [-0.3, -0.25) is 19.2 Å². The van der Waals surface area contributed by atoms with Crippen molar-refractivity contribution in [3.05, 3.63) is 18.3 Å². The van der Waals surface area contributed by atoms with Gasteiger partial charge >= 0.3 is 6.09 Å². The molecule has 4 aliphatic rings. The van der Waals surface area contributed by atoms with E-state index in [2.05, 4.69) is 15.6 Å². The number of rotatable bonds is 4. The topological polar surface area (TPSA) is 173 Å². The summed E-state index contributed by atoms with van der Waals surface area (Å²) in [5.74, 6) is -1.60. The Bertz CT molecular complexity index is 1340. The number of carbonyl (C=O) groups excluding carboxylic acids is 5. The van der Waals surface area contributed by atoms with Crippen molar-refractivity contribution in [3.8, 4) is 5.75 Å². The minimum Gasteiger partial charge on any atom is -0.472 e. The normalized spacial score (nSPS) is 28.9. The van der Waals surface area contributed by atoms with Crippen LogP contribution in [0.1, 0.15) is 67.2 Å². The molecular formula is C30H42N6O7. The first kappa shape index (κ1) is 30.6. The smallest absolute Gasteiger partial charge is 0.408 e. The van der Waals surface area contributed by atoms with Crippen molar-refractivity contribution in [2.45, 2.75) is 96.6 Å². The van der Waals surface area contributed by atoms with Crippen molar-refractivity contribution in [1.29, 1.82) is 0 Å². The lowest BCUT2D eigenvalue weighted by atomic mass is 9.85. The summed E-state index contributed by atoms with van der Waals surface area (Å²) in [7, 11) is 0. The number of pyridine rings is 1. The Kier molecular flexibility index (Phi) is 7.58. The quantitative estimate of drug-likeness (QED) is 0.471. The van der Waals surface area contributed by atoms with Gasteiger partial charge in [-0.25, -0.2) is 9.78 Å². The fourth-order valence-electron chi connectivity index (χ4n) is 6.90. The van der Waals surface area contributed by atoms with Crippen LogP contribution in [-0.4, -0.2) is 86.9 Å². The number of anilines is 1. The maximum Gasteiger partial charge on any atom is 0.408 e. The molecule has 0 aromatic carbocycles. The molecule has 13 heteroatoms. The molecule has 0 radical (unpaired) electrons. The maximum absolute atomic E-state index is 14.5. The predicted molar refractivity (Wildman–Crippen MR) is 154 cm³/mol. The number of nitrogens with two attached hydrogens (primary N) is 1. The maximum atomic E-state index is 14.5. The fourth-order valence-corrected chi connectivity index (χ4v) is 6.90. The van der Waals surface area contributed by atoms with E-state index in [9.17, 15) is 24.0 Å². The second-order valence-corrected chi connectivity index (χ2v) is 14.2. The molecule has 234 valence electrons. The molecule has 4 heterocycles. The van der Waals surface area contributed by atoms with Crippen LogP contribution < -0.4 is 21.1 Å². The third-order valence-corrected chi connectivity index (χ3v) is 8.86. The zero-order valence-electron chi connectivity index (χ0n) is 25.6. The number of likely N-dealkylation sites (tertiary alicyclic amines) is 2. The highest BCUT2D eigenvalue weighted by Crippen LogP contribution is 2.46. The van der Waals surface area contributed by atoms with Crippen LogP contribution in [0.4, 0.5) is 10.6 Å². The number of carbonyl (C=O) groups is 5. The monoisotopic (exact) mass is 598 g/mol. The van der Waals surface area contributed by atoms with E-state index in [0.29, 0.717) is 12.3 Å². The van der Waals surface area contributed by atoms with Crippen LogP contribution in [0.3, 0.4) is 0 Å². The van der Waals surface area contributed by atoms with Crippen LogP contribution in [-0.2, 0) is 23.9 Å². The van der Waals surface area contributed by atoms with Crippen LogP contribution in [0.2, 0.25) is 0 Å². The van der Waals surface area contributed by atoms with Crippen LogP contribution in [0.15, 0.2) is 18.3 Å². The number of hydrogen-bond donors (Lipinski definition) is 3. The van der Waals surface area contributed by atoms with E-state index in [0.717, 1.165) is 19.3 Å². The summed E-state index contributed by atoms with van der Waals surface area (Å²) < 4.78 is 11.6.